The second-order valence-corrected chi connectivity index (χ2v) is 5.71. The Bertz CT molecular complexity index is 313. The molecule has 15 heavy (non-hydrogen) atoms. The molecule has 0 aromatic carbocycles. The van der Waals surface area contributed by atoms with Crippen LogP contribution in [0.25, 0.3) is 0 Å². The normalized spacial score (nSPS) is 18.3. The summed E-state index contributed by atoms with van der Waals surface area (Å²) in [6, 6.07) is 0. The molecule has 0 saturated heterocycles. The third kappa shape index (κ3) is 2.58. The fourth-order valence-electron chi connectivity index (χ4n) is 2.45. The number of nitrogens with zero attached hydrogens (tertiary/aromatic N) is 1. The monoisotopic (exact) mass is 224 g/mol. The van der Waals surface area contributed by atoms with E-state index in [4.69, 9.17) is 10.7 Å². The fraction of sp³-hybridized carbons (Fsp3) is 0.750. The van der Waals surface area contributed by atoms with Crippen LogP contribution in [0.4, 0.5) is 0 Å². The Morgan fingerprint density at radius 1 is 1.33 bits per heavy atom. The molecule has 1 heterocycles. The van der Waals surface area contributed by atoms with Gasteiger partial charge in [0.25, 0.3) is 0 Å². The van der Waals surface area contributed by atoms with Crippen molar-refractivity contribution in [2.24, 2.45) is 5.73 Å². The lowest BCUT2D eigenvalue weighted by atomic mass is 9.86. The molecular weight excluding hydrogens is 204 g/mol. The molecule has 3 heteroatoms. The Kier molecular flexibility index (Phi) is 3.76. The summed E-state index contributed by atoms with van der Waals surface area (Å²) >= 11 is 1.84. The second kappa shape index (κ2) is 5.08. The molecule has 2 nitrogen and oxygen atoms in total. The number of aromatic nitrogens is 1. The smallest absolute Gasteiger partial charge is 0.0943 e. The maximum absolute atomic E-state index is 5.56. The second-order valence-electron chi connectivity index (χ2n) is 4.42. The zero-order chi connectivity index (χ0) is 10.7. The van der Waals surface area contributed by atoms with Gasteiger partial charge in [-0.2, -0.15) is 0 Å². The highest BCUT2D eigenvalue weighted by molar-refractivity contribution is 7.11. The fourth-order valence-corrected chi connectivity index (χ4v) is 3.48. The maximum atomic E-state index is 5.56. The van der Waals surface area contributed by atoms with E-state index in [2.05, 4.69) is 6.92 Å². The Balaban J connectivity index is 2.11. The number of aryl methyl sites for hydroxylation is 1. The third-order valence-electron chi connectivity index (χ3n) is 3.23. The predicted molar refractivity (Wildman–Crippen MR) is 65.4 cm³/mol. The molecule has 0 amide bonds. The zero-order valence-corrected chi connectivity index (χ0v) is 10.3. The summed E-state index contributed by atoms with van der Waals surface area (Å²) in [6.07, 6.45) is 7.80. The number of thiazole rings is 1. The van der Waals surface area contributed by atoms with E-state index < -0.39 is 0 Å². The highest BCUT2D eigenvalue weighted by Crippen LogP contribution is 2.35. The molecule has 84 valence electrons. The number of nitrogens with two attached hydrogens (primary N) is 1. The first-order valence-corrected chi connectivity index (χ1v) is 6.79. The van der Waals surface area contributed by atoms with E-state index in [1.807, 2.05) is 11.3 Å². The van der Waals surface area contributed by atoms with Crippen LogP contribution in [0.5, 0.6) is 0 Å². The van der Waals surface area contributed by atoms with E-state index in [0.717, 1.165) is 18.9 Å². The molecule has 0 bridgehead atoms. The summed E-state index contributed by atoms with van der Waals surface area (Å²) in [6.45, 7) is 2.93. The highest BCUT2D eigenvalue weighted by Gasteiger charge is 2.20. The number of hydrogen-bond acceptors (Lipinski definition) is 3. The van der Waals surface area contributed by atoms with Crippen LogP contribution < -0.4 is 5.73 Å². The Hall–Kier alpha value is -0.410. The molecule has 2 rings (SSSR count). The van der Waals surface area contributed by atoms with Gasteiger partial charge in [0, 0.05) is 17.2 Å². The van der Waals surface area contributed by atoms with Crippen molar-refractivity contribution < 1.29 is 0 Å². The Morgan fingerprint density at radius 2 is 2.07 bits per heavy atom. The van der Waals surface area contributed by atoms with Gasteiger partial charge in [-0.05, 0) is 26.3 Å². The van der Waals surface area contributed by atoms with Crippen molar-refractivity contribution in [1.29, 1.82) is 0 Å². The lowest BCUT2D eigenvalue weighted by molar-refractivity contribution is 0.436. The molecule has 0 radical (unpaired) electrons. The minimum Gasteiger partial charge on any atom is -0.330 e. The van der Waals surface area contributed by atoms with E-state index in [0.29, 0.717) is 0 Å². The lowest BCUT2D eigenvalue weighted by Gasteiger charge is -2.20. The maximum Gasteiger partial charge on any atom is 0.0943 e. The van der Waals surface area contributed by atoms with Crippen molar-refractivity contribution in [3.05, 3.63) is 15.6 Å². The van der Waals surface area contributed by atoms with Crippen LogP contribution in [0.15, 0.2) is 0 Å². The predicted octanol–water partition coefficient (Wildman–Crippen LogP) is 3.00. The van der Waals surface area contributed by atoms with Crippen LogP contribution in [0.3, 0.4) is 0 Å². The average molecular weight is 224 g/mol. The first-order chi connectivity index (χ1) is 7.31. The van der Waals surface area contributed by atoms with Gasteiger partial charge in [0.05, 0.1) is 10.7 Å². The number of rotatable bonds is 3. The molecule has 1 aliphatic rings. The minimum absolute atomic E-state index is 0.719. The molecule has 1 fully saturated rings. The van der Waals surface area contributed by atoms with Gasteiger partial charge in [0.2, 0.25) is 0 Å². The van der Waals surface area contributed by atoms with Crippen LogP contribution >= 0.6 is 11.3 Å². The molecule has 1 aliphatic carbocycles. The largest absolute Gasteiger partial charge is 0.330 e. The molecular formula is C12H20N2S. The quantitative estimate of drug-likeness (QED) is 0.857. The van der Waals surface area contributed by atoms with Gasteiger partial charge in [-0.25, -0.2) is 4.98 Å². The standard InChI is InChI=1S/C12H20N2S/c1-9-12(10-5-3-2-4-6-10)14-11(15-9)7-8-13/h10H,2-8,13H2,1H3. The molecule has 2 N–H and O–H groups in total. The van der Waals surface area contributed by atoms with Crippen molar-refractivity contribution >= 4 is 11.3 Å². The van der Waals surface area contributed by atoms with Gasteiger partial charge in [-0.1, -0.05) is 19.3 Å². The van der Waals surface area contributed by atoms with Crippen LogP contribution in [0, 0.1) is 6.92 Å². The summed E-state index contributed by atoms with van der Waals surface area (Å²) in [7, 11) is 0. The Labute approximate surface area is 95.9 Å². The van der Waals surface area contributed by atoms with Gasteiger partial charge in [0.15, 0.2) is 0 Å². The number of hydrogen-bond donors (Lipinski definition) is 1. The van der Waals surface area contributed by atoms with E-state index in [1.54, 1.807) is 0 Å². The summed E-state index contributed by atoms with van der Waals surface area (Å²) in [5, 5.41) is 1.23. The third-order valence-corrected chi connectivity index (χ3v) is 4.27. The van der Waals surface area contributed by atoms with Gasteiger partial charge in [0.1, 0.15) is 0 Å². The molecule has 0 aliphatic heterocycles. The summed E-state index contributed by atoms with van der Waals surface area (Å²) in [5.41, 5.74) is 6.94. The minimum atomic E-state index is 0.719. The van der Waals surface area contributed by atoms with Crippen LogP contribution in [-0.2, 0) is 6.42 Å². The zero-order valence-electron chi connectivity index (χ0n) is 9.46. The van der Waals surface area contributed by atoms with Crippen molar-refractivity contribution in [3.8, 4) is 0 Å². The molecule has 0 spiro atoms. The van der Waals surface area contributed by atoms with Crippen molar-refractivity contribution in [1.82, 2.24) is 4.98 Å². The SMILES string of the molecule is Cc1sc(CCN)nc1C1CCCCC1. The molecule has 0 unspecified atom stereocenters. The van der Waals surface area contributed by atoms with Crippen molar-refractivity contribution in [2.75, 3.05) is 6.54 Å². The van der Waals surface area contributed by atoms with E-state index in [-0.39, 0.29) is 0 Å². The molecule has 0 atom stereocenters. The van der Waals surface area contributed by atoms with Gasteiger partial charge in [-0.15, -0.1) is 11.3 Å². The van der Waals surface area contributed by atoms with E-state index in [9.17, 15) is 0 Å². The van der Waals surface area contributed by atoms with Crippen molar-refractivity contribution in [2.45, 2.75) is 51.4 Å². The van der Waals surface area contributed by atoms with Gasteiger partial charge in [-0.3, -0.25) is 0 Å². The van der Waals surface area contributed by atoms with E-state index >= 15 is 0 Å². The summed E-state index contributed by atoms with van der Waals surface area (Å²) < 4.78 is 0. The molecule has 1 saturated carbocycles. The highest BCUT2D eigenvalue weighted by atomic mass is 32.1. The molecule has 1 aromatic rings. The average Bonchev–Trinajstić information content (AvgIpc) is 2.61. The van der Waals surface area contributed by atoms with Crippen LogP contribution in [-0.4, -0.2) is 11.5 Å². The molecule has 1 aromatic heterocycles. The topological polar surface area (TPSA) is 38.9 Å². The lowest BCUT2D eigenvalue weighted by Crippen LogP contribution is -2.07. The first kappa shape index (κ1) is 11.1. The first-order valence-electron chi connectivity index (χ1n) is 5.97. The van der Waals surface area contributed by atoms with E-state index in [1.165, 1.54) is 47.7 Å². The Morgan fingerprint density at radius 3 is 2.73 bits per heavy atom. The van der Waals surface area contributed by atoms with Gasteiger partial charge >= 0.3 is 0 Å². The van der Waals surface area contributed by atoms with Gasteiger partial charge < -0.3 is 5.73 Å². The van der Waals surface area contributed by atoms with Crippen molar-refractivity contribution in [3.63, 3.8) is 0 Å². The summed E-state index contributed by atoms with van der Waals surface area (Å²) in [5.74, 6) is 0.738. The van der Waals surface area contributed by atoms with Crippen LogP contribution in [0.2, 0.25) is 0 Å². The summed E-state index contributed by atoms with van der Waals surface area (Å²) in [4.78, 5) is 6.18. The van der Waals surface area contributed by atoms with Crippen LogP contribution in [0.1, 0.15) is 53.6 Å².